The van der Waals surface area contributed by atoms with E-state index in [1.165, 1.54) is 16.2 Å². The van der Waals surface area contributed by atoms with Gasteiger partial charge >= 0.3 is 0 Å². The molecule has 4 rings (SSSR count). The number of fused-ring (bicyclic) bond motifs is 4. The first-order valence-corrected chi connectivity index (χ1v) is 18.2. The molecule has 0 saturated carbocycles. The molecular formula is C26H32O2Si2. The van der Waals surface area contributed by atoms with Crippen LogP contribution >= 0.6 is 0 Å². The maximum Gasteiger partial charge on any atom is 0.135 e. The molecule has 0 aliphatic rings. The highest BCUT2D eigenvalue weighted by atomic mass is 28.3. The first-order valence-electron chi connectivity index (χ1n) is 10.8. The minimum atomic E-state index is -1.38. The van der Waals surface area contributed by atoms with Crippen LogP contribution in [0.5, 0.6) is 11.5 Å². The number of rotatable bonds is 6. The van der Waals surface area contributed by atoms with E-state index < -0.39 is 16.1 Å². The van der Waals surface area contributed by atoms with Crippen molar-refractivity contribution < 1.29 is 9.47 Å². The van der Waals surface area contributed by atoms with E-state index in [2.05, 4.69) is 99.9 Å². The third kappa shape index (κ3) is 4.25. The lowest BCUT2D eigenvalue weighted by Gasteiger charge is -2.24. The standard InChI is InChI=1S/C26H32O2Si2/c1-29(2,3)17-27-25-21-13-9-10-14-22(21)26(28-18-30(4,5)6)24-20-12-8-7-11-19(20)15-16-23(24)25/h7-16H,17-18H2,1-6H3. The predicted molar refractivity (Wildman–Crippen MR) is 137 cm³/mol. The molecule has 0 atom stereocenters. The van der Waals surface area contributed by atoms with Gasteiger partial charge < -0.3 is 9.47 Å². The molecule has 4 aromatic rings. The van der Waals surface area contributed by atoms with Gasteiger partial charge in [-0.15, -0.1) is 0 Å². The van der Waals surface area contributed by atoms with Gasteiger partial charge in [-0.2, -0.15) is 0 Å². The molecule has 0 aliphatic carbocycles. The van der Waals surface area contributed by atoms with Crippen LogP contribution in [0.2, 0.25) is 39.3 Å². The van der Waals surface area contributed by atoms with Gasteiger partial charge in [0, 0.05) is 21.5 Å². The maximum atomic E-state index is 6.62. The molecule has 0 amide bonds. The Bertz CT molecular complexity index is 1220. The average molecular weight is 433 g/mol. The molecule has 0 bridgehead atoms. The zero-order valence-corrected chi connectivity index (χ0v) is 21.0. The molecule has 0 N–H and O–H groups in total. The molecule has 0 aromatic heterocycles. The summed E-state index contributed by atoms with van der Waals surface area (Å²) in [6, 6.07) is 21.6. The first-order chi connectivity index (χ1) is 14.1. The fourth-order valence-electron chi connectivity index (χ4n) is 3.75. The Hall–Kier alpha value is -2.31. The molecule has 0 fully saturated rings. The largest absolute Gasteiger partial charge is 0.496 e. The van der Waals surface area contributed by atoms with Gasteiger partial charge in [-0.05, 0) is 16.8 Å². The van der Waals surface area contributed by atoms with Crippen LogP contribution in [0.25, 0.3) is 32.3 Å². The Balaban J connectivity index is 2.07. The molecule has 0 unspecified atom stereocenters. The van der Waals surface area contributed by atoms with E-state index in [0.29, 0.717) is 0 Å². The van der Waals surface area contributed by atoms with Crippen molar-refractivity contribution in [2.24, 2.45) is 0 Å². The van der Waals surface area contributed by atoms with E-state index in [4.69, 9.17) is 9.47 Å². The normalized spacial score (nSPS) is 12.6. The highest BCUT2D eigenvalue weighted by molar-refractivity contribution is 6.76. The molecule has 2 nitrogen and oxygen atoms in total. The highest BCUT2D eigenvalue weighted by Gasteiger charge is 2.22. The van der Waals surface area contributed by atoms with Crippen molar-refractivity contribution in [1.82, 2.24) is 0 Å². The van der Waals surface area contributed by atoms with Crippen molar-refractivity contribution in [2.45, 2.75) is 39.3 Å². The lowest BCUT2D eigenvalue weighted by molar-refractivity contribution is 0.381. The number of hydrogen-bond acceptors (Lipinski definition) is 2. The number of ether oxygens (including phenoxy) is 2. The molecular weight excluding hydrogens is 400 g/mol. The molecule has 0 aliphatic heterocycles. The van der Waals surface area contributed by atoms with Crippen molar-refractivity contribution >= 4 is 48.5 Å². The second kappa shape index (κ2) is 7.75. The summed E-state index contributed by atoms with van der Waals surface area (Å²) < 4.78 is 13.2. The van der Waals surface area contributed by atoms with E-state index >= 15 is 0 Å². The minimum Gasteiger partial charge on any atom is -0.496 e. The van der Waals surface area contributed by atoms with Gasteiger partial charge in [-0.3, -0.25) is 0 Å². The van der Waals surface area contributed by atoms with Crippen LogP contribution < -0.4 is 9.47 Å². The molecule has 0 spiro atoms. The maximum absolute atomic E-state index is 6.62. The number of benzene rings is 4. The summed E-state index contributed by atoms with van der Waals surface area (Å²) in [6.07, 6.45) is 1.60. The van der Waals surface area contributed by atoms with Gasteiger partial charge in [0.05, 0.1) is 28.6 Å². The topological polar surface area (TPSA) is 18.5 Å². The van der Waals surface area contributed by atoms with Crippen LogP contribution in [0.1, 0.15) is 0 Å². The van der Waals surface area contributed by atoms with Crippen LogP contribution in [0.4, 0.5) is 0 Å². The molecule has 30 heavy (non-hydrogen) atoms. The SMILES string of the molecule is C[Si](C)(C)COc1c2ccccc2c(OC[Si](C)(C)C)c2c1ccc1ccccc12. The van der Waals surface area contributed by atoms with Gasteiger partial charge in [-0.25, -0.2) is 0 Å². The summed E-state index contributed by atoms with van der Waals surface area (Å²) in [7, 11) is -2.75. The summed E-state index contributed by atoms with van der Waals surface area (Å²) in [5, 5.41) is 7.07. The summed E-state index contributed by atoms with van der Waals surface area (Å²) in [5.74, 6) is 1.99. The van der Waals surface area contributed by atoms with Crippen LogP contribution in [0.3, 0.4) is 0 Å². The van der Waals surface area contributed by atoms with E-state index in [9.17, 15) is 0 Å². The Morgan fingerprint density at radius 2 is 1.03 bits per heavy atom. The fraction of sp³-hybridized carbons (Fsp3) is 0.308. The summed E-state index contributed by atoms with van der Waals surface area (Å²) in [5.41, 5.74) is 0. The quantitative estimate of drug-likeness (QED) is 0.177. The second-order valence-corrected chi connectivity index (χ2v) is 21.4. The minimum absolute atomic E-state index is 0.796. The Morgan fingerprint density at radius 1 is 0.533 bits per heavy atom. The van der Waals surface area contributed by atoms with E-state index in [1.807, 2.05) is 0 Å². The fourth-order valence-corrected chi connectivity index (χ4v) is 4.90. The van der Waals surface area contributed by atoms with Gasteiger partial charge in [0.1, 0.15) is 11.5 Å². The van der Waals surface area contributed by atoms with E-state index in [-0.39, 0.29) is 0 Å². The predicted octanol–water partition coefficient (Wildman–Crippen LogP) is 7.66. The molecule has 0 saturated heterocycles. The molecule has 0 radical (unpaired) electrons. The summed E-state index contributed by atoms with van der Waals surface area (Å²) in [6.45, 7) is 14.1. The van der Waals surface area contributed by atoms with Gasteiger partial charge in [0.2, 0.25) is 0 Å². The van der Waals surface area contributed by atoms with Crippen molar-refractivity contribution in [1.29, 1.82) is 0 Å². The van der Waals surface area contributed by atoms with Crippen LogP contribution in [0.15, 0.2) is 60.7 Å². The Kier molecular flexibility index (Phi) is 5.41. The summed E-state index contributed by atoms with van der Waals surface area (Å²) in [4.78, 5) is 0. The molecule has 156 valence electrons. The van der Waals surface area contributed by atoms with E-state index in [1.54, 1.807) is 0 Å². The van der Waals surface area contributed by atoms with Gasteiger partial charge in [0.25, 0.3) is 0 Å². The lowest BCUT2D eigenvalue weighted by Crippen LogP contribution is -2.30. The molecule has 0 heterocycles. The van der Waals surface area contributed by atoms with Gasteiger partial charge in [0.15, 0.2) is 0 Å². The second-order valence-electron chi connectivity index (χ2n) is 10.6. The zero-order valence-electron chi connectivity index (χ0n) is 19.0. The summed E-state index contributed by atoms with van der Waals surface area (Å²) >= 11 is 0. The lowest BCUT2D eigenvalue weighted by atomic mass is 9.96. The third-order valence-electron chi connectivity index (χ3n) is 5.12. The van der Waals surface area contributed by atoms with Crippen LogP contribution in [0, 0.1) is 0 Å². The van der Waals surface area contributed by atoms with Crippen molar-refractivity contribution in [3.63, 3.8) is 0 Å². The first kappa shape index (κ1) is 20.9. The van der Waals surface area contributed by atoms with Crippen molar-refractivity contribution in [3.05, 3.63) is 60.7 Å². The highest BCUT2D eigenvalue weighted by Crippen LogP contribution is 2.45. The molecule has 4 heteroatoms. The van der Waals surface area contributed by atoms with Crippen LogP contribution in [-0.4, -0.2) is 28.6 Å². The van der Waals surface area contributed by atoms with Gasteiger partial charge in [-0.1, -0.05) is 93.9 Å². The van der Waals surface area contributed by atoms with Crippen molar-refractivity contribution in [3.8, 4) is 11.5 Å². The van der Waals surface area contributed by atoms with E-state index in [0.717, 1.165) is 40.1 Å². The third-order valence-corrected chi connectivity index (χ3v) is 7.14. The molecule has 4 aromatic carbocycles. The zero-order chi connectivity index (χ0) is 21.5. The monoisotopic (exact) mass is 432 g/mol. The smallest absolute Gasteiger partial charge is 0.135 e. The Morgan fingerprint density at radius 3 is 1.63 bits per heavy atom. The average Bonchev–Trinajstić information content (AvgIpc) is 2.68. The number of hydrogen-bond donors (Lipinski definition) is 0. The Labute approximate surface area is 181 Å². The van der Waals surface area contributed by atoms with Crippen LogP contribution in [-0.2, 0) is 0 Å². The van der Waals surface area contributed by atoms with Crippen molar-refractivity contribution in [2.75, 3.05) is 12.5 Å².